The van der Waals surface area contributed by atoms with Crippen molar-refractivity contribution in [1.82, 2.24) is 9.62 Å². The first-order valence-corrected chi connectivity index (χ1v) is 14.3. The predicted octanol–water partition coefficient (Wildman–Crippen LogP) is 3.98. The maximum atomic E-state index is 13.3. The SMILES string of the molecule is CCOC(=O)N1CCC(NS(=O)(=O)c2cc3c(c(NC(=O)C4CCCCC4)c2)CCCC3)CC1. The number of nitrogens with one attached hydrogen (secondary N) is 2. The minimum Gasteiger partial charge on any atom is -0.450 e. The van der Waals surface area contributed by atoms with Crippen molar-refractivity contribution < 1.29 is 22.7 Å². The van der Waals surface area contributed by atoms with Crippen molar-refractivity contribution in [2.45, 2.75) is 88.5 Å². The van der Waals surface area contributed by atoms with E-state index in [1.807, 2.05) is 0 Å². The van der Waals surface area contributed by atoms with Crippen LogP contribution in [0.25, 0.3) is 0 Å². The van der Waals surface area contributed by atoms with E-state index in [4.69, 9.17) is 4.74 Å². The standard InChI is InChI=1S/C25H37N3O5S/c1-2-33-25(30)28-14-12-20(13-15-28)27-34(31,32)21-16-19-10-6-7-11-22(19)23(17-21)26-24(29)18-8-4-3-5-9-18/h16-18,20,27H,2-15H2,1H3,(H,26,29). The number of ether oxygens (including phenoxy) is 1. The van der Waals surface area contributed by atoms with Gasteiger partial charge in [0.1, 0.15) is 0 Å². The Labute approximate surface area is 202 Å². The number of carbonyl (C=O) groups is 2. The zero-order valence-electron chi connectivity index (χ0n) is 20.1. The van der Waals surface area contributed by atoms with Gasteiger partial charge in [0.25, 0.3) is 0 Å². The lowest BCUT2D eigenvalue weighted by Gasteiger charge is -2.31. The van der Waals surface area contributed by atoms with Crippen molar-refractivity contribution >= 4 is 27.7 Å². The summed E-state index contributed by atoms with van der Waals surface area (Å²) in [5.41, 5.74) is 2.76. The summed E-state index contributed by atoms with van der Waals surface area (Å²) in [7, 11) is -3.76. The Hall–Kier alpha value is -2.13. The number of carbonyl (C=O) groups excluding carboxylic acids is 2. The van der Waals surface area contributed by atoms with Crippen molar-refractivity contribution in [3.05, 3.63) is 23.3 Å². The van der Waals surface area contributed by atoms with E-state index >= 15 is 0 Å². The molecule has 2 N–H and O–H groups in total. The smallest absolute Gasteiger partial charge is 0.409 e. The first kappa shape index (κ1) is 25.0. The Kier molecular flexibility index (Phi) is 8.14. The number of benzene rings is 1. The highest BCUT2D eigenvalue weighted by atomic mass is 32.2. The van der Waals surface area contributed by atoms with E-state index in [9.17, 15) is 18.0 Å². The number of sulfonamides is 1. The maximum Gasteiger partial charge on any atom is 0.409 e. The summed E-state index contributed by atoms with van der Waals surface area (Å²) in [5, 5.41) is 3.10. The molecule has 1 aromatic carbocycles. The van der Waals surface area contributed by atoms with Gasteiger partial charge in [-0.2, -0.15) is 0 Å². The number of aryl methyl sites for hydroxylation is 1. The first-order chi connectivity index (χ1) is 16.4. The molecule has 0 bridgehead atoms. The van der Waals surface area contributed by atoms with E-state index in [0.29, 0.717) is 38.2 Å². The van der Waals surface area contributed by atoms with Crippen LogP contribution in [-0.4, -0.2) is 51.1 Å². The molecule has 2 aliphatic carbocycles. The third-order valence-electron chi connectivity index (χ3n) is 7.33. The fourth-order valence-corrected chi connectivity index (χ4v) is 6.77. The average molecular weight is 492 g/mol. The lowest BCUT2D eigenvalue weighted by atomic mass is 9.87. The van der Waals surface area contributed by atoms with E-state index in [2.05, 4.69) is 10.0 Å². The molecule has 1 saturated heterocycles. The van der Waals surface area contributed by atoms with E-state index in [1.54, 1.807) is 24.0 Å². The van der Waals surface area contributed by atoms with Crippen molar-refractivity contribution in [3.63, 3.8) is 0 Å². The second kappa shape index (κ2) is 11.1. The first-order valence-electron chi connectivity index (χ1n) is 12.8. The van der Waals surface area contributed by atoms with Crippen LogP contribution in [0.5, 0.6) is 0 Å². The minimum absolute atomic E-state index is 0.0101. The number of piperidine rings is 1. The third kappa shape index (κ3) is 5.92. The minimum atomic E-state index is -3.76. The molecule has 2 amide bonds. The van der Waals surface area contributed by atoms with Crippen molar-refractivity contribution in [3.8, 4) is 0 Å². The molecule has 4 rings (SSSR count). The summed E-state index contributed by atoms with van der Waals surface area (Å²) in [5.74, 6) is 0.0253. The van der Waals surface area contributed by atoms with Crippen LogP contribution in [0, 0.1) is 5.92 Å². The fourth-order valence-electron chi connectivity index (χ4n) is 5.39. The Morgan fingerprint density at radius 1 is 1.00 bits per heavy atom. The average Bonchev–Trinajstić information content (AvgIpc) is 2.85. The molecule has 0 unspecified atom stereocenters. The largest absolute Gasteiger partial charge is 0.450 e. The Bertz CT molecular complexity index is 996. The van der Waals surface area contributed by atoms with Crippen LogP contribution in [0.3, 0.4) is 0 Å². The molecule has 0 aromatic heterocycles. The number of nitrogens with zero attached hydrogens (tertiary/aromatic N) is 1. The zero-order valence-corrected chi connectivity index (χ0v) is 20.9. The molecular weight excluding hydrogens is 454 g/mol. The lowest BCUT2D eigenvalue weighted by molar-refractivity contribution is -0.120. The lowest BCUT2D eigenvalue weighted by Crippen LogP contribution is -2.46. The summed E-state index contributed by atoms with van der Waals surface area (Å²) in [4.78, 5) is 26.7. The zero-order chi connectivity index (χ0) is 24.1. The second-order valence-electron chi connectivity index (χ2n) is 9.72. The number of rotatable bonds is 6. The van der Waals surface area contributed by atoms with E-state index < -0.39 is 10.0 Å². The molecule has 1 heterocycles. The fraction of sp³-hybridized carbons (Fsp3) is 0.680. The Morgan fingerprint density at radius 3 is 2.41 bits per heavy atom. The number of hydrogen-bond donors (Lipinski definition) is 2. The molecule has 0 atom stereocenters. The molecule has 1 saturated carbocycles. The molecule has 3 aliphatic rings. The third-order valence-corrected chi connectivity index (χ3v) is 8.83. The molecular formula is C25H37N3O5S. The van der Waals surface area contributed by atoms with Gasteiger partial charge in [0.05, 0.1) is 11.5 Å². The summed E-state index contributed by atoms with van der Waals surface area (Å²) in [6.07, 6.45) is 9.59. The predicted molar refractivity (Wildman–Crippen MR) is 130 cm³/mol. The Morgan fingerprint density at radius 2 is 1.71 bits per heavy atom. The summed E-state index contributed by atoms with van der Waals surface area (Å²) >= 11 is 0. The van der Waals surface area contributed by atoms with Crippen molar-refractivity contribution in [1.29, 1.82) is 0 Å². The van der Waals surface area contributed by atoms with Gasteiger partial charge >= 0.3 is 6.09 Å². The molecule has 0 radical (unpaired) electrons. The van der Waals surface area contributed by atoms with Gasteiger partial charge in [-0.1, -0.05) is 19.3 Å². The summed E-state index contributed by atoms with van der Waals surface area (Å²) in [6.45, 7) is 3.00. The topological polar surface area (TPSA) is 105 Å². The number of anilines is 1. The summed E-state index contributed by atoms with van der Waals surface area (Å²) in [6, 6.07) is 3.17. The number of amides is 2. The van der Waals surface area contributed by atoms with Crippen LogP contribution in [0.15, 0.2) is 17.0 Å². The molecule has 34 heavy (non-hydrogen) atoms. The highest BCUT2D eigenvalue weighted by Crippen LogP contribution is 2.33. The normalized spacial score (nSPS) is 20.0. The monoisotopic (exact) mass is 491 g/mol. The van der Waals surface area contributed by atoms with Gasteiger partial charge in [-0.25, -0.2) is 17.9 Å². The molecule has 1 aromatic rings. The van der Waals surface area contributed by atoms with E-state index in [0.717, 1.165) is 62.5 Å². The molecule has 1 aliphatic heterocycles. The van der Waals surface area contributed by atoms with Gasteiger partial charge in [0.15, 0.2) is 0 Å². The van der Waals surface area contributed by atoms with E-state index in [-0.39, 0.29) is 28.9 Å². The van der Waals surface area contributed by atoms with Crippen LogP contribution in [0.4, 0.5) is 10.5 Å². The van der Waals surface area contributed by atoms with Crippen LogP contribution in [0.1, 0.15) is 75.8 Å². The van der Waals surface area contributed by atoms with E-state index in [1.165, 1.54) is 6.42 Å². The quantitative estimate of drug-likeness (QED) is 0.626. The Balaban J connectivity index is 1.48. The maximum absolute atomic E-state index is 13.3. The van der Waals surface area contributed by atoms with Gasteiger partial charge in [-0.3, -0.25) is 4.79 Å². The second-order valence-corrected chi connectivity index (χ2v) is 11.4. The molecule has 188 valence electrons. The highest BCUT2D eigenvalue weighted by molar-refractivity contribution is 7.89. The van der Waals surface area contributed by atoms with Gasteiger partial charge in [0, 0.05) is 30.7 Å². The van der Waals surface area contributed by atoms with Crippen LogP contribution in [-0.2, 0) is 32.4 Å². The van der Waals surface area contributed by atoms with Gasteiger partial charge in [-0.15, -0.1) is 0 Å². The number of hydrogen-bond acceptors (Lipinski definition) is 5. The van der Waals surface area contributed by atoms with Gasteiger partial charge in [0.2, 0.25) is 15.9 Å². The molecule has 2 fully saturated rings. The molecule has 8 nitrogen and oxygen atoms in total. The molecule has 9 heteroatoms. The van der Waals surface area contributed by atoms with Crippen molar-refractivity contribution in [2.24, 2.45) is 5.92 Å². The van der Waals surface area contributed by atoms with Crippen LogP contribution >= 0.6 is 0 Å². The number of fused-ring (bicyclic) bond motifs is 1. The van der Waals surface area contributed by atoms with Gasteiger partial charge < -0.3 is 15.0 Å². The summed E-state index contributed by atoms with van der Waals surface area (Å²) < 4.78 is 34.5. The highest BCUT2D eigenvalue weighted by Gasteiger charge is 2.29. The van der Waals surface area contributed by atoms with Crippen molar-refractivity contribution in [2.75, 3.05) is 25.0 Å². The van der Waals surface area contributed by atoms with Crippen LogP contribution < -0.4 is 10.0 Å². The number of likely N-dealkylation sites (tertiary alicyclic amines) is 1. The molecule has 0 spiro atoms. The van der Waals surface area contributed by atoms with Crippen LogP contribution in [0.2, 0.25) is 0 Å². The van der Waals surface area contributed by atoms with Gasteiger partial charge in [-0.05, 0) is 81.5 Å².